The lowest BCUT2D eigenvalue weighted by atomic mass is 10.1. The minimum Gasteiger partial charge on any atom is -0.309 e. The van der Waals surface area contributed by atoms with Gasteiger partial charge in [-0.05, 0) is 48.4 Å². The van der Waals surface area contributed by atoms with Crippen molar-refractivity contribution < 1.29 is 23.3 Å². The van der Waals surface area contributed by atoms with Crippen molar-refractivity contribution in [1.82, 2.24) is 28.7 Å². The van der Waals surface area contributed by atoms with E-state index >= 15 is 0 Å². The van der Waals surface area contributed by atoms with Crippen molar-refractivity contribution in [3.8, 4) is 40.1 Å². The zero-order chi connectivity index (χ0) is 52.2. The van der Waals surface area contributed by atoms with Crippen LogP contribution in [-0.4, -0.2) is 28.7 Å². The van der Waals surface area contributed by atoms with Gasteiger partial charge in [-0.15, -0.1) is 0 Å². The third-order valence-electron chi connectivity index (χ3n) is 10.1. The van der Waals surface area contributed by atoms with Crippen molar-refractivity contribution in [2.45, 2.75) is 0 Å². The van der Waals surface area contributed by atoms with Crippen LogP contribution in [0, 0.1) is 0 Å². The summed E-state index contributed by atoms with van der Waals surface area (Å²) in [7, 11) is 0. The molecule has 0 saturated heterocycles. The number of fused-ring (bicyclic) bond motifs is 10. The molecule has 0 fully saturated rings. The molecule has 0 aliphatic rings. The highest BCUT2D eigenvalue weighted by atomic mass is 15.2. The monoisotopic (exact) mass is 745 g/mol. The normalized spacial score (nSPS) is 16.0. The van der Waals surface area contributed by atoms with Gasteiger partial charge in [-0.25, -0.2) is 4.98 Å². The van der Waals surface area contributed by atoms with E-state index in [0.29, 0.717) is 16.6 Å². The van der Waals surface area contributed by atoms with E-state index in [4.69, 9.17) is 29.2 Å². The molecule has 0 aliphatic heterocycles. The average Bonchev–Trinajstić information content (AvgIpc) is 4.09. The highest BCUT2D eigenvalue weighted by Gasteiger charge is 2.24. The maximum Gasteiger partial charge on any atom is 0.238 e. The second-order valence-electron chi connectivity index (χ2n) is 13.2. The summed E-state index contributed by atoms with van der Waals surface area (Å²) in [5.41, 5.74) is 0.969. The Morgan fingerprint density at radius 3 is 1.67 bits per heavy atom. The van der Waals surface area contributed by atoms with E-state index in [9.17, 15) is 4.11 Å². The maximum absolute atomic E-state index is 10.1. The number of rotatable bonds is 5. The van der Waals surface area contributed by atoms with Crippen LogP contribution in [0.25, 0.3) is 106 Å². The van der Waals surface area contributed by atoms with Crippen molar-refractivity contribution >= 4 is 65.4 Å². The topological polar surface area (TPSA) is 53.5 Å². The molecule has 57 heavy (non-hydrogen) atoms. The van der Waals surface area contributed by atoms with Gasteiger partial charge in [-0.1, -0.05) is 145 Å². The molecule has 0 N–H and O–H groups in total. The maximum atomic E-state index is 10.1. The highest BCUT2D eigenvalue weighted by molar-refractivity contribution is 6.23. The molecular weight excluding hydrogens is 697 g/mol. The number of benzene rings is 8. The molecule has 0 aliphatic carbocycles. The van der Waals surface area contributed by atoms with Crippen LogP contribution in [0.3, 0.4) is 0 Å². The fraction of sp³-hybridized carbons (Fsp3) is 0. The Balaban J connectivity index is 1.29. The lowest BCUT2D eigenvalue weighted by Gasteiger charge is -2.13. The lowest BCUT2D eigenvalue weighted by molar-refractivity contribution is 0.953. The predicted octanol–water partition coefficient (Wildman–Crippen LogP) is 12.5. The first-order chi connectivity index (χ1) is 35.4. The van der Waals surface area contributed by atoms with Crippen LogP contribution in [-0.2, 0) is 0 Å². The van der Waals surface area contributed by atoms with Crippen molar-refractivity contribution in [3.05, 3.63) is 194 Å². The van der Waals surface area contributed by atoms with Crippen molar-refractivity contribution in [2.24, 2.45) is 0 Å². The largest absolute Gasteiger partial charge is 0.309 e. The molecular formula is C51H32N6. The van der Waals surface area contributed by atoms with E-state index in [-0.39, 0.29) is 16.7 Å². The van der Waals surface area contributed by atoms with Crippen LogP contribution in [0.4, 0.5) is 0 Å². The standard InChI is InChI=1S/C51H32N6/c1-4-16-33(17-5-1)49-52-50(34-28-29-40-37-22-10-13-25-43(37)55(46(40)32-34)35-18-6-2-7-19-35)54-51(53-49)57-45-27-15-12-24-39(45)42-31-30-41-38-23-11-14-26-44(38)56(47(41)48(42)57)36-20-8-3-9-21-36/h1-32H/i1D,2D,4D,5D,6D,7D,10D,13D,16D,17D,18D,19D,22D,25D,28D,29D,32D. The van der Waals surface area contributed by atoms with Gasteiger partial charge in [0.05, 0.1) is 56.4 Å². The zero-order valence-electron chi connectivity index (χ0n) is 46.3. The molecule has 12 aromatic rings. The van der Waals surface area contributed by atoms with E-state index in [1.54, 1.807) is 10.6 Å². The lowest BCUT2D eigenvalue weighted by Crippen LogP contribution is -2.07. The van der Waals surface area contributed by atoms with Gasteiger partial charge < -0.3 is 9.13 Å². The molecule has 6 heteroatoms. The molecule has 0 atom stereocenters. The summed E-state index contributed by atoms with van der Waals surface area (Å²) in [6, 6.07) is 16.3. The van der Waals surface area contributed by atoms with Gasteiger partial charge in [0.1, 0.15) is 0 Å². The molecule has 4 aromatic heterocycles. The van der Waals surface area contributed by atoms with Gasteiger partial charge >= 0.3 is 0 Å². The van der Waals surface area contributed by atoms with E-state index in [2.05, 4.69) is 9.55 Å². The Kier molecular flexibility index (Phi) is 4.15. The van der Waals surface area contributed by atoms with E-state index in [0.717, 1.165) is 37.3 Å². The van der Waals surface area contributed by atoms with E-state index in [1.807, 2.05) is 84.9 Å². The molecule has 266 valence electrons. The number of nitrogens with zero attached hydrogens (tertiary/aromatic N) is 6. The van der Waals surface area contributed by atoms with Gasteiger partial charge in [0.15, 0.2) is 11.6 Å². The number of para-hydroxylation sites is 5. The Bertz CT molecular complexity index is 4470. The van der Waals surface area contributed by atoms with Crippen LogP contribution in [0.1, 0.15) is 23.3 Å². The smallest absolute Gasteiger partial charge is 0.238 e. The summed E-state index contributed by atoms with van der Waals surface area (Å²) >= 11 is 0. The fourth-order valence-electron chi connectivity index (χ4n) is 7.81. The van der Waals surface area contributed by atoms with Crippen LogP contribution < -0.4 is 0 Å². The van der Waals surface area contributed by atoms with Gasteiger partial charge in [0.25, 0.3) is 0 Å². The second kappa shape index (κ2) is 12.3. The van der Waals surface area contributed by atoms with Gasteiger partial charge in [0, 0.05) is 54.8 Å². The highest BCUT2D eigenvalue weighted by Crippen LogP contribution is 2.42. The summed E-state index contributed by atoms with van der Waals surface area (Å²) in [5, 5.41) is 2.47. The summed E-state index contributed by atoms with van der Waals surface area (Å²) in [5.74, 6) is -1.22. The minimum atomic E-state index is -0.804. The molecule has 0 radical (unpaired) electrons. The van der Waals surface area contributed by atoms with Gasteiger partial charge in [0.2, 0.25) is 5.95 Å². The van der Waals surface area contributed by atoms with Crippen LogP contribution >= 0.6 is 0 Å². The fourth-order valence-corrected chi connectivity index (χ4v) is 7.81. The summed E-state index contributed by atoms with van der Waals surface area (Å²) in [4.78, 5) is 14.5. The molecule has 12 rings (SSSR count). The summed E-state index contributed by atoms with van der Waals surface area (Å²) in [6.07, 6.45) is 0. The van der Waals surface area contributed by atoms with Crippen LogP contribution in [0.5, 0.6) is 0 Å². The molecule has 6 nitrogen and oxygen atoms in total. The van der Waals surface area contributed by atoms with Crippen LogP contribution in [0.15, 0.2) is 194 Å². The van der Waals surface area contributed by atoms with Gasteiger partial charge in [-0.3, -0.25) is 4.57 Å². The van der Waals surface area contributed by atoms with Gasteiger partial charge in [-0.2, -0.15) is 9.97 Å². The first kappa shape index (κ1) is 19.2. The third-order valence-corrected chi connectivity index (χ3v) is 10.1. The number of hydrogen-bond acceptors (Lipinski definition) is 3. The molecule has 0 saturated carbocycles. The molecule has 8 aromatic carbocycles. The second-order valence-corrected chi connectivity index (χ2v) is 13.2. The van der Waals surface area contributed by atoms with Crippen molar-refractivity contribution in [2.75, 3.05) is 0 Å². The Morgan fingerprint density at radius 1 is 0.351 bits per heavy atom. The third kappa shape index (κ3) is 4.74. The molecule has 0 amide bonds. The molecule has 0 unspecified atom stereocenters. The number of hydrogen-bond donors (Lipinski definition) is 0. The first-order valence-electron chi connectivity index (χ1n) is 26.3. The Hall–Kier alpha value is -7.83. The zero-order valence-corrected chi connectivity index (χ0v) is 29.3. The molecule has 0 spiro atoms. The average molecular weight is 746 g/mol. The molecule has 4 heterocycles. The van der Waals surface area contributed by atoms with E-state index in [1.165, 1.54) is 0 Å². The summed E-state index contributed by atoms with van der Waals surface area (Å²) < 4.78 is 157. The quantitative estimate of drug-likeness (QED) is 0.176. The van der Waals surface area contributed by atoms with Crippen LogP contribution in [0.2, 0.25) is 0 Å². The predicted molar refractivity (Wildman–Crippen MR) is 234 cm³/mol. The van der Waals surface area contributed by atoms with Crippen molar-refractivity contribution in [1.29, 1.82) is 0 Å². The van der Waals surface area contributed by atoms with Crippen molar-refractivity contribution in [3.63, 3.8) is 0 Å². The summed E-state index contributed by atoms with van der Waals surface area (Å²) in [6.45, 7) is 0. The Morgan fingerprint density at radius 2 is 0.930 bits per heavy atom. The SMILES string of the molecule is [2H]c1c([2H])c([2H])c(-c2nc(-c3c([2H])c([2H])c4c5c([2H])c([2H])c([2H])c([2H])c5n(-c5c([2H])c([2H])c([2H])c([2H])c5[2H])c4c3[2H])nc(-n3c4ccccc4c4ccc5c6ccccc6n(-c6ccccc6)c5c43)n2)c([2H])c1[2H]. The Labute approximate surface area is 351 Å². The van der Waals surface area contributed by atoms with E-state index < -0.39 is 142 Å². The first-order valence-corrected chi connectivity index (χ1v) is 17.8. The minimum absolute atomic E-state index is 0.212. The number of aromatic nitrogens is 6. The molecule has 0 bridgehead atoms.